The number of hydrogen-bond acceptors (Lipinski definition) is 8. The van der Waals surface area contributed by atoms with E-state index in [2.05, 4.69) is 37.4 Å². The Morgan fingerprint density at radius 1 is 1.05 bits per heavy atom. The topological polar surface area (TPSA) is 143 Å². The summed E-state index contributed by atoms with van der Waals surface area (Å²) in [6.07, 6.45) is 4.96. The minimum atomic E-state index is -0.656. The number of anilines is 2. The average Bonchev–Trinajstić information content (AvgIpc) is 3.80. The fourth-order valence-corrected chi connectivity index (χ4v) is 3.43. The van der Waals surface area contributed by atoms with E-state index in [1.54, 1.807) is 6.20 Å². The zero-order valence-corrected chi connectivity index (χ0v) is 22.0. The Morgan fingerprint density at radius 2 is 1.82 bits per heavy atom. The summed E-state index contributed by atoms with van der Waals surface area (Å²) in [5, 5.41) is 14.6. The summed E-state index contributed by atoms with van der Waals surface area (Å²) in [6.45, 7) is 3.21. The first kappa shape index (κ1) is 27.7. The summed E-state index contributed by atoms with van der Waals surface area (Å²) in [4.78, 5) is 45.2. The van der Waals surface area contributed by atoms with Gasteiger partial charge in [-0.3, -0.25) is 14.4 Å². The molecule has 40 heavy (non-hydrogen) atoms. The number of carbonyl (C=O) groups is 3. The van der Waals surface area contributed by atoms with Crippen LogP contribution >= 0.6 is 0 Å². The van der Waals surface area contributed by atoms with Gasteiger partial charge in [-0.05, 0) is 56.2 Å². The molecule has 1 amide bonds. The predicted octanol–water partition coefficient (Wildman–Crippen LogP) is 4.41. The van der Waals surface area contributed by atoms with Crippen molar-refractivity contribution in [1.29, 1.82) is 0 Å². The first-order valence-electron chi connectivity index (χ1n) is 12.5. The van der Waals surface area contributed by atoms with Gasteiger partial charge in [-0.25, -0.2) is 15.0 Å². The maximum absolute atomic E-state index is 11.3. The lowest BCUT2D eigenvalue weighted by molar-refractivity contribution is -0.138. The second-order valence-corrected chi connectivity index (χ2v) is 8.99. The van der Waals surface area contributed by atoms with Crippen LogP contribution in [-0.4, -0.2) is 44.3 Å². The predicted molar refractivity (Wildman–Crippen MR) is 149 cm³/mol. The smallest absolute Gasteiger partial charge is 0.306 e. The molecule has 3 N–H and O–H groups in total. The third kappa shape index (κ3) is 7.85. The van der Waals surface area contributed by atoms with E-state index in [9.17, 15) is 14.4 Å². The number of carbonyl (C=O) groups excluding carboxylic acids is 2. The molecule has 1 fully saturated rings. The largest absolute Gasteiger partial charge is 0.481 e. The van der Waals surface area contributed by atoms with Crippen molar-refractivity contribution in [3.05, 3.63) is 78.2 Å². The van der Waals surface area contributed by atoms with Crippen LogP contribution in [-0.2, 0) is 14.4 Å². The summed E-state index contributed by atoms with van der Waals surface area (Å²) in [5.74, 6) is 5.84. The van der Waals surface area contributed by atoms with Crippen LogP contribution in [0.15, 0.2) is 67.1 Å². The second-order valence-electron chi connectivity index (χ2n) is 8.99. The molecule has 1 saturated carbocycles. The van der Waals surface area contributed by atoms with Gasteiger partial charge in [-0.15, -0.1) is 0 Å². The van der Waals surface area contributed by atoms with Crippen LogP contribution in [0.1, 0.15) is 30.9 Å². The molecule has 10 nitrogen and oxygen atoms in total. The molecule has 2 heterocycles. The summed E-state index contributed by atoms with van der Waals surface area (Å²) in [5.41, 5.74) is 3.10. The number of nitrogens with zero attached hydrogens (tertiary/aromatic N) is 3. The van der Waals surface area contributed by atoms with E-state index in [1.807, 2.05) is 61.5 Å². The minimum absolute atomic E-state index is 0.0185. The average molecular weight is 538 g/mol. The second kappa shape index (κ2) is 13.0. The summed E-state index contributed by atoms with van der Waals surface area (Å²) in [6, 6.07) is 17.0. The molecular formula is C30H27N5O5. The zero-order valence-electron chi connectivity index (χ0n) is 22.0. The Bertz CT molecular complexity index is 1610. The number of hydrogen-bond donors (Lipinski definition) is 3. The number of aromatic nitrogens is 3. The highest BCUT2D eigenvalue weighted by Crippen LogP contribution is 2.29. The minimum Gasteiger partial charge on any atom is -0.481 e. The number of benzene rings is 2. The van der Waals surface area contributed by atoms with Crippen LogP contribution in [0.3, 0.4) is 0 Å². The molecule has 0 bridgehead atoms. The van der Waals surface area contributed by atoms with E-state index in [1.165, 1.54) is 13.3 Å². The Kier molecular flexibility index (Phi) is 8.99. The fraction of sp³-hybridized carbons (Fsp3) is 0.200. The lowest BCUT2D eigenvalue weighted by Crippen LogP contribution is -2.29. The SMILES string of the molecule is CC(=O)C(=O)NCC#Cc1ccc2ncnc(Nc3cnc(Oc4ccccc4)c(C)c3)c2c1.O=C(O)C1CC1. The Balaban J connectivity index is 0.000000546. The molecule has 10 heteroatoms. The summed E-state index contributed by atoms with van der Waals surface area (Å²) >= 11 is 0. The number of pyridine rings is 1. The highest BCUT2D eigenvalue weighted by Gasteiger charge is 2.28. The van der Waals surface area contributed by atoms with Gasteiger partial charge in [-0.2, -0.15) is 0 Å². The van der Waals surface area contributed by atoms with E-state index in [4.69, 9.17) is 9.84 Å². The lowest BCUT2D eigenvalue weighted by Gasteiger charge is -2.11. The van der Waals surface area contributed by atoms with Crippen LogP contribution in [0.5, 0.6) is 11.6 Å². The molecule has 0 spiro atoms. The van der Waals surface area contributed by atoms with Crippen LogP contribution < -0.4 is 15.4 Å². The number of nitrogens with one attached hydrogen (secondary N) is 2. The number of carboxylic acid groups (broad SMARTS) is 1. The molecule has 0 radical (unpaired) electrons. The van der Waals surface area contributed by atoms with Gasteiger partial charge in [0.15, 0.2) is 0 Å². The molecule has 1 aliphatic carbocycles. The third-order valence-corrected chi connectivity index (χ3v) is 5.70. The fourth-order valence-electron chi connectivity index (χ4n) is 3.43. The van der Waals surface area contributed by atoms with E-state index in [0.717, 1.165) is 46.3 Å². The standard InChI is InChI=1S/C26H21N5O3.C4H6O2/c1-17-13-20(15-28-26(17)34-21-8-4-3-5-9-21)31-24-22-14-19(10-11-23(22)29-16-30-24)7-6-12-27-25(33)18(2)32;5-4(6)3-1-2-3/h3-5,8-11,13-16H,12H2,1-2H3,(H,27,33)(H,29,30,31);3H,1-2H2,(H,5,6). The number of ketones is 1. The number of Topliss-reactive ketones (excluding diaryl/α,β-unsaturated/α-hetero) is 1. The Labute approximate surface area is 230 Å². The van der Waals surface area contributed by atoms with Gasteiger partial charge in [0.2, 0.25) is 11.7 Å². The monoisotopic (exact) mass is 537 g/mol. The molecule has 0 unspecified atom stereocenters. The van der Waals surface area contributed by atoms with Crippen LogP contribution in [0.25, 0.3) is 10.9 Å². The number of ether oxygens (including phenoxy) is 1. The van der Waals surface area contributed by atoms with Gasteiger partial charge >= 0.3 is 5.97 Å². The first-order valence-corrected chi connectivity index (χ1v) is 12.5. The number of carboxylic acids is 1. The van der Waals surface area contributed by atoms with Crippen molar-refractivity contribution < 1.29 is 24.2 Å². The van der Waals surface area contributed by atoms with Crippen molar-refractivity contribution in [2.75, 3.05) is 11.9 Å². The van der Waals surface area contributed by atoms with Crippen LogP contribution in [0.4, 0.5) is 11.5 Å². The molecule has 0 aliphatic heterocycles. The molecule has 0 saturated heterocycles. The maximum Gasteiger partial charge on any atom is 0.306 e. The molecule has 0 atom stereocenters. The van der Waals surface area contributed by atoms with Crippen molar-refractivity contribution in [3.8, 4) is 23.5 Å². The molecule has 5 rings (SSSR count). The molecule has 1 aliphatic rings. The van der Waals surface area contributed by atoms with E-state index >= 15 is 0 Å². The van der Waals surface area contributed by atoms with Gasteiger partial charge in [0.25, 0.3) is 5.91 Å². The van der Waals surface area contributed by atoms with Crippen molar-refractivity contribution in [3.63, 3.8) is 0 Å². The van der Waals surface area contributed by atoms with Crippen molar-refractivity contribution >= 4 is 40.1 Å². The van der Waals surface area contributed by atoms with Gasteiger partial charge in [0, 0.05) is 23.4 Å². The highest BCUT2D eigenvalue weighted by atomic mass is 16.5. The molecule has 2 aromatic heterocycles. The molecular weight excluding hydrogens is 510 g/mol. The van der Waals surface area contributed by atoms with Crippen molar-refractivity contribution in [2.45, 2.75) is 26.7 Å². The summed E-state index contributed by atoms with van der Waals surface area (Å²) in [7, 11) is 0. The third-order valence-electron chi connectivity index (χ3n) is 5.70. The maximum atomic E-state index is 11.3. The number of rotatable bonds is 7. The molecule has 2 aromatic carbocycles. The quantitative estimate of drug-likeness (QED) is 0.231. The number of para-hydroxylation sites is 1. The van der Waals surface area contributed by atoms with Crippen molar-refractivity contribution in [1.82, 2.24) is 20.3 Å². The number of amides is 1. The lowest BCUT2D eigenvalue weighted by atomic mass is 10.1. The Morgan fingerprint density at radius 3 is 2.48 bits per heavy atom. The van der Waals surface area contributed by atoms with Gasteiger partial charge < -0.3 is 20.5 Å². The molecule has 4 aromatic rings. The van der Waals surface area contributed by atoms with Crippen LogP contribution in [0, 0.1) is 24.7 Å². The van der Waals surface area contributed by atoms with Gasteiger partial charge in [0.05, 0.1) is 29.9 Å². The number of aliphatic carboxylic acids is 1. The number of fused-ring (bicyclic) bond motifs is 1. The number of aryl methyl sites for hydroxylation is 1. The normalized spacial score (nSPS) is 11.8. The van der Waals surface area contributed by atoms with Gasteiger partial charge in [0.1, 0.15) is 17.9 Å². The van der Waals surface area contributed by atoms with E-state index in [-0.39, 0.29) is 12.5 Å². The van der Waals surface area contributed by atoms with Crippen LogP contribution in [0.2, 0.25) is 0 Å². The summed E-state index contributed by atoms with van der Waals surface area (Å²) < 4.78 is 5.85. The highest BCUT2D eigenvalue weighted by molar-refractivity contribution is 6.35. The van der Waals surface area contributed by atoms with Gasteiger partial charge in [-0.1, -0.05) is 30.0 Å². The molecule has 202 valence electrons. The van der Waals surface area contributed by atoms with Crippen molar-refractivity contribution in [2.24, 2.45) is 5.92 Å². The van der Waals surface area contributed by atoms with E-state index < -0.39 is 17.7 Å². The first-order chi connectivity index (χ1) is 19.3. The van der Waals surface area contributed by atoms with E-state index in [0.29, 0.717) is 11.7 Å². The Hall–Kier alpha value is -5.30. The zero-order chi connectivity index (χ0) is 28.5.